The van der Waals surface area contributed by atoms with Gasteiger partial charge in [-0.3, -0.25) is 14.9 Å². The van der Waals surface area contributed by atoms with Gasteiger partial charge in [-0.15, -0.1) is 0 Å². The Morgan fingerprint density at radius 3 is 2.65 bits per heavy atom. The zero-order valence-electron chi connectivity index (χ0n) is 14.0. The number of nitrogens with one attached hydrogen (secondary N) is 1. The molecular formula is C18H16N3O5-. The first-order valence-corrected chi connectivity index (χ1v) is 8.23. The third-order valence-electron chi connectivity index (χ3n) is 4.69. The molecule has 0 spiro atoms. The van der Waals surface area contributed by atoms with Gasteiger partial charge >= 0.3 is 0 Å². The van der Waals surface area contributed by atoms with Crippen LogP contribution in [0, 0.1) is 10.1 Å². The van der Waals surface area contributed by atoms with E-state index in [0.29, 0.717) is 16.8 Å². The van der Waals surface area contributed by atoms with E-state index in [1.807, 2.05) is 6.07 Å². The maximum absolute atomic E-state index is 13.0. The van der Waals surface area contributed by atoms with Gasteiger partial charge in [-0.2, -0.15) is 0 Å². The lowest BCUT2D eigenvalue weighted by Gasteiger charge is -2.38. The summed E-state index contributed by atoms with van der Waals surface area (Å²) in [5.41, 5.74) is 1.11. The summed E-state index contributed by atoms with van der Waals surface area (Å²) in [5.74, 6) is -1.01. The van der Waals surface area contributed by atoms with E-state index in [0.717, 1.165) is 12.8 Å². The van der Waals surface area contributed by atoms with Gasteiger partial charge in [0.2, 0.25) is 0 Å². The van der Waals surface area contributed by atoms with Crippen molar-refractivity contribution in [1.82, 2.24) is 4.90 Å². The van der Waals surface area contributed by atoms with E-state index < -0.39 is 22.5 Å². The Bertz CT molecular complexity index is 910. The van der Waals surface area contributed by atoms with Crippen molar-refractivity contribution in [3.05, 3.63) is 57.6 Å². The van der Waals surface area contributed by atoms with Crippen molar-refractivity contribution in [1.29, 1.82) is 0 Å². The number of fused-ring (bicyclic) bond motifs is 1. The summed E-state index contributed by atoms with van der Waals surface area (Å²) >= 11 is 0. The fourth-order valence-corrected chi connectivity index (χ4v) is 3.30. The number of para-hydroxylation sites is 1. The van der Waals surface area contributed by atoms with E-state index >= 15 is 0 Å². The number of nitro groups is 1. The van der Waals surface area contributed by atoms with Gasteiger partial charge < -0.3 is 20.1 Å². The molecule has 8 nitrogen and oxygen atoms in total. The number of nitrogens with zero attached hydrogens (tertiary/aromatic N) is 2. The van der Waals surface area contributed by atoms with Crippen molar-refractivity contribution < 1.29 is 19.6 Å². The zero-order chi connectivity index (χ0) is 18.4. The number of nitro benzene ring substituents is 1. The summed E-state index contributed by atoms with van der Waals surface area (Å²) in [6.07, 6.45) is 1.16. The highest BCUT2D eigenvalue weighted by Gasteiger charge is 2.42. The van der Waals surface area contributed by atoms with Gasteiger partial charge in [0.15, 0.2) is 0 Å². The Labute approximate surface area is 149 Å². The molecule has 2 aromatic rings. The van der Waals surface area contributed by atoms with E-state index in [1.54, 1.807) is 23.1 Å². The van der Waals surface area contributed by atoms with E-state index in [1.165, 1.54) is 19.2 Å². The number of hydrogen-bond donors (Lipinski definition) is 1. The quantitative estimate of drug-likeness (QED) is 0.667. The number of ether oxygens (including phenoxy) is 1. The summed E-state index contributed by atoms with van der Waals surface area (Å²) in [6, 6.07) is 9.91. The van der Waals surface area contributed by atoms with Crippen molar-refractivity contribution in [2.24, 2.45) is 0 Å². The number of anilines is 1. The molecule has 1 saturated carbocycles. The van der Waals surface area contributed by atoms with Crippen LogP contribution >= 0.6 is 0 Å². The largest absolute Gasteiger partial charge is 0.865 e. The van der Waals surface area contributed by atoms with Gasteiger partial charge in [0.1, 0.15) is 11.9 Å². The van der Waals surface area contributed by atoms with Gasteiger partial charge in [0.25, 0.3) is 11.6 Å². The summed E-state index contributed by atoms with van der Waals surface area (Å²) in [4.78, 5) is 25.2. The Morgan fingerprint density at radius 2 is 2.00 bits per heavy atom. The average molecular weight is 354 g/mol. The second-order valence-electron chi connectivity index (χ2n) is 6.36. The Kier molecular flexibility index (Phi) is 3.68. The zero-order valence-corrected chi connectivity index (χ0v) is 14.0. The van der Waals surface area contributed by atoms with Crippen LogP contribution in [0.15, 0.2) is 36.4 Å². The van der Waals surface area contributed by atoms with Gasteiger partial charge in [-0.1, -0.05) is 12.1 Å². The predicted molar refractivity (Wildman–Crippen MR) is 91.1 cm³/mol. The van der Waals surface area contributed by atoms with Gasteiger partial charge in [-0.25, -0.2) is 0 Å². The second kappa shape index (κ2) is 5.91. The molecule has 1 fully saturated rings. The first-order chi connectivity index (χ1) is 12.5. The number of rotatable bonds is 4. The number of hydrogen-bond acceptors (Lipinski definition) is 6. The van der Waals surface area contributed by atoms with Crippen LogP contribution in [0.2, 0.25) is 0 Å². The molecule has 1 N–H and O–H groups in total. The van der Waals surface area contributed by atoms with Crippen LogP contribution in [-0.2, 0) is 0 Å². The van der Waals surface area contributed by atoms with Crippen molar-refractivity contribution >= 4 is 17.3 Å². The normalized spacial score (nSPS) is 18.9. The molecule has 1 aliphatic carbocycles. The molecule has 0 saturated heterocycles. The SMILES string of the molecule is COc1cc([C@@H]2Nc3ccccc3C(=O)N2C2CC2)cc([N+](=O)[O-])c1[O-]. The smallest absolute Gasteiger partial charge is 0.265 e. The van der Waals surface area contributed by atoms with Gasteiger partial charge in [-0.05, 0) is 31.0 Å². The van der Waals surface area contributed by atoms with Crippen LogP contribution in [0.5, 0.6) is 11.5 Å². The molecule has 2 aromatic carbocycles. The minimum atomic E-state index is -0.776. The first kappa shape index (κ1) is 16.2. The summed E-state index contributed by atoms with van der Waals surface area (Å²) in [6.45, 7) is 0. The van der Waals surface area contributed by atoms with E-state index in [-0.39, 0.29) is 17.7 Å². The number of benzene rings is 2. The highest BCUT2D eigenvalue weighted by Crippen LogP contribution is 2.44. The Balaban J connectivity index is 1.85. The minimum absolute atomic E-state index is 0.0744. The fourth-order valence-electron chi connectivity index (χ4n) is 3.30. The molecule has 1 atom stereocenters. The molecule has 0 aromatic heterocycles. The average Bonchev–Trinajstić information content (AvgIpc) is 3.46. The molecule has 0 unspecified atom stereocenters. The lowest BCUT2D eigenvalue weighted by molar-refractivity contribution is -0.398. The lowest BCUT2D eigenvalue weighted by Crippen LogP contribution is -2.44. The van der Waals surface area contributed by atoms with E-state index in [4.69, 9.17) is 4.74 Å². The van der Waals surface area contributed by atoms with Crippen LogP contribution < -0.4 is 15.2 Å². The third kappa shape index (κ3) is 2.50. The standard InChI is InChI=1S/C18H17N3O5/c1-26-15-9-10(8-14(16(15)22)21(24)25)17-19-13-5-3-2-4-12(13)18(23)20(17)11-6-7-11/h2-5,8-9,11,17,19,22H,6-7H2,1H3/p-1/t17-/m1/s1. The molecule has 0 radical (unpaired) electrons. The molecular weight excluding hydrogens is 338 g/mol. The van der Waals surface area contributed by atoms with Crippen LogP contribution in [0.1, 0.15) is 34.9 Å². The van der Waals surface area contributed by atoms with Gasteiger partial charge in [0, 0.05) is 29.1 Å². The van der Waals surface area contributed by atoms with Crippen molar-refractivity contribution in [2.45, 2.75) is 25.0 Å². The maximum Gasteiger partial charge on any atom is 0.265 e. The molecule has 0 bridgehead atoms. The van der Waals surface area contributed by atoms with E-state index in [2.05, 4.69) is 5.32 Å². The molecule has 134 valence electrons. The molecule has 1 heterocycles. The summed E-state index contributed by atoms with van der Waals surface area (Å²) < 4.78 is 5.03. The van der Waals surface area contributed by atoms with Crippen molar-refractivity contribution in [3.63, 3.8) is 0 Å². The van der Waals surface area contributed by atoms with Crippen LogP contribution in [0.25, 0.3) is 0 Å². The topological polar surface area (TPSA) is 108 Å². The number of carbonyl (C=O) groups is 1. The van der Waals surface area contributed by atoms with Crippen molar-refractivity contribution in [2.75, 3.05) is 12.4 Å². The van der Waals surface area contributed by atoms with Gasteiger partial charge in [0.05, 0.1) is 17.6 Å². The van der Waals surface area contributed by atoms with E-state index in [9.17, 15) is 20.0 Å². The summed E-state index contributed by atoms with van der Waals surface area (Å²) in [7, 11) is 1.29. The Morgan fingerprint density at radius 1 is 1.27 bits per heavy atom. The fraction of sp³-hybridized carbons (Fsp3) is 0.278. The monoisotopic (exact) mass is 354 g/mol. The third-order valence-corrected chi connectivity index (χ3v) is 4.69. The van der Waals surface area contributed by atoms with Crippen LogP contribution in [0.3, 0.4) is 0 Å². The molecule has 4 rings (SSSR count). The molecule has 26 heavy (non-hydrogen) atoms. The lowest BCUT2D eigenvalue weighted by atomic mass is 10.0. The Hall–Kier alpha value is -3.29. The number of amides is 1. The van der Waals surface area contributed by atoms with Crippen LogP contribution in [0.4, 0.5) is 11.4 Å². The molecule has 1 amide bonds. The predicted octanol–water partition coefficient (Wildman–Crippen LogP) is 2.41. The first-order valence-electron chi connectivity index (χ1n) is 8.23. The molecule has 1 aliphatic heterocycles. The maximum atomic E-state index is 13.0. The number of methoxy groups -OCH3 is 1. The van der Waals surface area contributed by atoms with Crippen molar-refractivity contribution in [3.8, 4) is 11.5 Å². The minimum Gasteiger partial charge on any atom is -0.865 e. The molecule has 2 aliphatic rings. The molecule has 8 heteroatoms. The highest BCUT2D eigenvalue weighted by molar-refractivity contribution is 6.02. The highest BCUT2D eigenvalue weighted by atomic mass is 16.6. The number of carbonyl (C=O) groups excluding carboxylic acids is 1. The summed E-state index contributed by atoms with van der Waals surface area (Å²) in [5, 5.41) is 26.6. The van der Waals surface area contributed by atoms with Crippen LogP contribution in [-0.4, -0.2) is 28.9 Å². The second-order valence-corrected chi connectivity index (χ2v) is 6.36.